The summed E-state index contributed by atoms with van der Waals surface area (Å²) in [5, 5.41) is 9.59. The molecule has 13 rings (SSSR count). The fourth-order valence-electron chi connectivity index (χ4n) is 9.88. The summed E-state index contributed by atoms with van der Waals surface area (Å²) in [4.78, 5) is 10.3. The standard InChI is InChI=1S/C58H36N4/c1-2-17-42(18-3-1)61-53-26-10-8-22-46(53)50-34-39(28-30-55(50)61)40-29-31-56-51(35-40)47-23-9-11-27-54(47)62(56)43-19-13-15-38(33-43)37-14-12-16-41(32-37)52-36-59-57-48-24-6-4-20-44(48)45-21-5-7-25-49(45)58(57)60-52/h1-36H. The lowest BCUT2D eigenvalue weighted by molar-refractivity contribution is 1.18. The SMILES string of the molecule is c1ccc(-n2c3ccccc3c3cc(-c4ccc5c(c4)c4ccccc4n5-c4cccc(-c5cccc(-c6cnc7c8ccccc8c8ccccc8c7n6)c5)c4)ccc32)cc1. The van der Waals surface area contributed by atoms with Crippen LogP contribution >= 0.6 is 0 Å². The van der Waals surface area contributed by atoms with Gasteiger partial charge in [0.15, 0.2) is 0 Å². The number of aromatic nitrogens is 4. The molecule has 0 N–H and O–H groups in total. The van der Waals surface area contributed by atoms with E-state index >= 15 is 0 Å². The minimum atomic E-state index is 0.857. The van der Waals surface area contributed by atoms with Gasteiger partial charge in [0.25, 0.3) is 0 Å². The highest BCUT2D eigenvalue weighted by Gasteiger charge is 2.17. The second-order valence-electron chi connectivity index (χ2n) is 16.2. The monoisotopic (exact) mass is 788 g/mol. The largest absolute Gasteiger partial charge is 0.309 e. The summed E-state index contributed by atoms with van der Waals surface area (Å²) in [6.45, 7) is 0. The molecule has 0 saturated carbocycles. The van der Waals surface area contributed by atoms with E-state index in [0.717, 1.165) is 49.9 Å². The minimum absolute atomic E-state index is 0.857. The van der Waals surface area contributed by atoms with Gasteiger partial charge in [0, 0.05) is 49.3 Å². The second-order valence-corrected chi connectivity index (χ2v) is 16.2. The number of hydrogen-bond acceptors (Lipinski definition) is 2. The third-order valence-electron chi connectivity index (χ3n) is 12.7. The zero-order valence-electron chi connectivity index (χ0n) is 33.6. The number of benzene rings is 10. The number of nitrogens with zero attached hydrogens (tertiary/aromatic N) is 4. The average Bonchev–Trinajstić information content (AvgIpc) is 3.86. The van der Waals surface area contributed by atoms with Crippen LogP contribution < -0.4 is 0 Å². The summed E-state index contributed by atoms with van der Waals surface area (Å²) in [6.07, 6.45) is 1.92. The predicted octanol–water partition coefficient (Wildman–Crippen LogP) is 15.1. The van der Waals surface area contributed by atoms with Gasteiger partial charge in [0.1, 0.15) is 0 Å². The maximum absolute atomic E-state index is 5.29. The Labute approximate surface area is 357 Å². The van der Waals surface area contributed by atoms with Crippen LogP contribution in [-0.4, -0.2) is 19.1 Å². The maximum Gasteiger partial charge on any atom is 0.0979 e. The van der Waals surface area contributed by atoms with Crippen molar-refractivity contribution in [1.82, 2.24) is 19.1 Å². The molecule has 0 amide bonds. The second kappa shape index (κ2) is 13.6. The van der Waals surface area contributed by atoms with E-state index in [1.807, 2.05) is 6.20 Å². The van der Waals surface area contributed by atoms with Crippen molar-refractivity contribution in [3.05, 3.63) is 219 Å². The van der Waals surface area contributed by atoms with Crippen LogP contribution in [0.5, 0.6) is 0 Å². The normalized spacial score (nSPS) is 11.9. The zero-order chi connectivity index (χ0) is 40.7. The molecule has 0 aliphatic rings. The molecule has 0 fully saturated rings. The summed E-state index contributed by atoms with van der Waals surface area (Å²) in [5.41, 5.74) is 15.5. The van der Waals surface area contributed by atoms with Crippen LogP contribution in [0.1, 0.15) is 0 Å². The molecule has 0 unspecified atom stereocenters. The van der Waals surface area contributed by atoms with Gasteiger partial charge in [-0.1, -0.05) is 146 Å². The number of fused-ring (bicyclic) bond motifs is 12. The van der Waals surface area contributed by atoms with Gasteiger partial charge in [-0.25, -0.2) is 4.98 Å². The first-order valence-electron chi connectivity index (χ1n) is 21.1. The van der Waals surface area contributed by atoms with E-state index in [9.17, 15) is 0 Å². The molecular weight excluding hydrogens is 753 g/mol. The molecule has 0 aliphatic heterocycles. The van der Waals surface area contributed by atoms with Crippen LogP contribution in [-0.2, 0) is 0 Å². The van der Waals surface area contributed by atoms with Crippen LogP contribution in [0.15, 0.2) is 219 Å². The van der Waals surface area contributed by atoms with Crippen LogP contribution in [0.3, 0.4) is 0 Å². The molecule has 4 heteroatoms. The molecule has 3 aromatic heterocycles. The number of rotatable bonds is 5. The molecule has 0 radical (unpaired) electrons. The zero-order valence-corrected chi connectivity index (χ0v) is 33.6. The van der Waals surface area contributed by atoms with Crippen LogP contribution in [0, 0.1) is 0 Å². The molecule has 0 bridgehead atoms. The van der Waals surface area contributed by atoms with Crippen molar-refractivity contribution in [2.75, 3.05) is 0 Å². The van der Waals surface area contributed by atoms with Crippen molar-refractivity contribution >= 4 is 76.2 Å². The molecule has 0 saturated heterocycles. The highest BCUT2D eigenvalue weighted by atomic mass is 15.0. The third-order valence-corrected chi connectivity index (χ3v) is 12.7. The molecule has 62 heavy (non-hydrogen) atoms. The summed E-state index contributed by atoms with van der Waals surface area (Å²) in [7, 11) is 0. The molecule has 0 aliphatic carbocycles. The van der Waals surface area contributed by atoms with Gasteiger partial charge in [-0.3, -0.25) is 4.98 Å². The first kappa shape index (κ1) is 34.5. The Morgan fingerprint density at radius 3 is 1.37 bits per heavy atom. The maximum atomic E-state index is 5.29. The highest BCUT2D eigenvalue weighted by Crippen LogP contribution is 2.40. The van der Waals surface area contributed by atoms with Gasteiger partial charge < -0.3 is 9.13 Å². The lowest BCUT2D eigenvalue weighted by atomic mass is 9.99. The molecule has 0 spiro atoms. The Balaban J connectivity index is 0.904. The molecule has 3 heterocycles. The molecule has 0 atom stereocenters. The van der Waals surface area contributed by atoms with E-state index in [0.29, 0.717) is 0 Å². The van der Waals surface area contributed by atoms with Gasteiger partial charge in [0.05, 0.1) is 45.0 Å². The van der Waals surface area contributed by atoms with E-state index in [2.05, 4.69) is 221 Å². The molecule has 13 aromatic rings. The summed E-state index contributed by atoms with van der Waals surface area (Å²) < 4.78 is 4.78. The van der Waals surface area contributed by atoms with E-state index in [4.69, 9.17) is 9.97 Å². The van der Waals surface area contributed by atoms with E-state index in [1.165, 1.54) is 71.2 Å². The van der Waals surface area contributed by atoms with Crippen LogP contribution in [0.4, 0.5) is 0 Å². The Morgan fingerprint density at radius 2 is 0.726 bits per heavy atom. The quantitative estimate of drug-likeness (QED) is 0.163. The van der Waals surface area contributed by atoms with E-state index in [1.54, 1.807) is 0 Å². The summed E-state index contributed by atoms with van der Waals surface area (Å²) >= 11 is 0. The topological polar surface area (TPSA) is 35.6 Å². The van der Waals surface area contributed by atoms with Crippen LogP contribution in [0.25, 0.3) is 121 Å². The number of hydrogen-bond donors (Lipinski definition) is 0. The lowest BCUT2D eigenvalue weighted by Crippen LogP contribution is -1.95. The Hall–Kier alpha value is -8.34. The van der Waals surface area contributed by atoms with Gasteiger partial charge >= 0.3 is 0 Å². The van der Waals surface area contributed by atoms with Crippen molar-refractivity contribution in [2.45, 2.75) is 0 Å². The predicted molar refractivity (Wildman–Crippen MR) is 260 cm³/mol. The Kier molecular flexibility index (Phi) is 7.57. The van der Waals surface area contributed by atoms with Crippen molar-refractivity contribution in [3.8, 4) is 44.9 Å². The van der Waals surface area contributed by atoms with Crippen molar-refractivity contribution in [2.24, 2.45) is 0 Å². The van der Waals surface area contributed by atoms with E-state index in [-0.39, 0.29) is 0 Å². The van der Waals surface area contributed by atoms with Gasteiger partial charge in [-0.2, -0.15) is 0 Å². The average molecular weight is 789 g/mol. The minimum Gasteiger partial charge on any atom is -0.309 e. The van der Waals surface area contributed by atoms with Crippen molar-refractivity contribution < 1.29 is 0 Å². The van der Waals surface area contributed by atoms with Crippen molar-refractivity contribution in [3.63, 3.8) is 0 Å². The highest BCUT2D eigenvalue weighted by molar-refractivity contribution is 6.23. The van der Waals surface area contributed by atoms with Gasteiger partial charge in [-0.15, -0.1) is 0 Å². The Morgan fingerprint density at radius 1 is 0.274 bits per heavy atom. The fourth-order valence-corrected chi connectivity index (χ4v) is 9.88. The van der Waals surface area contributed by atoms with Gasteiger partial charge in [-0.05, 0) is 99.8 Å². The summed E-state index contributed by atoms with van der Waals surface area (Å²) in [5.74, 6) is 0. The summed E-state index contributed by atoms with van der Waals surface area (Å²) in [6, 6.07) is 76.6. The van der Waals surface area contributed by atoms with Crippen LogP contribution in [0.2, 0.25) is 0 Å². The first-order chi connectivity index (χ1) is 30.7. The molecule has 10 aromatic carbocycles. The van der Waals surface area contributed by atoms with E-state index < -0.39 is 0 Å². The first-order valence-corrected chi connectivity index (χ1v) is 21.1. The van der Waals surface area contributed by atoms with Gasteiger partial charge in [0.2, 0.25) is 0 Å². The third kappa shape index (κ3) is 5.27. The molecule has 4 nitrogen and oxygen atoms in total. The molecular formula is C58H36N4. The fraction of sp³-hybridized carbons (Fsp3) is 0. The Bertz CT molecular complexity index is 3890. The lowest BCUT2D eigenvalue weighted by Gasteiger charge is -2.12. The number of para-hydroxylation sites is 3. The smallest absolute Gasteiger partial charge is 0.0979 e. The van der Waals surface area contributed by atoms with Crippen molar-refractivity contribution in [1.29, 1.82) is 0 Å². The molecule has 288 valence electrons.